The summed E-state index contributed by atoms with van der Waals surface area (Å²) < 4.78 is 0. The zero-order valence-electron chi connectivity index (χ0n) is 21.7. The van der Waals surface area contributed by atoms with Gasteiger partial charge in [-0.1, -0.05) is 38.1 Å². The highest BCUT2D eigenvalue weighted by Gasteiger charge is 2.35. The van der Waals surface area contributed by atoms with Crippen LogP contribution >= 0.6 is 0 Å². The van der Waals surface area contributed by atoms with Crippen molar-refractivity contribution >= 4 is 23.1 Å². The fourth-order valence-electron chi connectivity index (χ4n) is 5.12. The lowest BCUT2D eigenvalue weighted by Crippen LogP contribution is -2.26. The average molecular weight is 509 g/mol. The molecule has 1 amide bonds. The van der Waals surface area contributed by atoms with Crippen LogP contribution in [-0.2, 0) is 12.8 Å². The highest BCUT2D eigenvalue weighted by Crippen LogP contribution is 2.43. The van der Waals surface area contributed by atoms with Crippen molar-refractivity contribution in [1.82, 2.24) is 15.3 Å². The standard InChI is InChI=1S/C31H32N4O3/c1-31(2)18-24-27(26(37)19-31)29(28(35-24)21-12-15-32-16-13-21)34-22-9-5-7-20(17-22)8-6-14-33-30(38)23-10-3-4-11-25(23)36/h3-5,7,9-13,15-17,34-36H,6,8,14,18-19H2,1-2H3,(H,33,38). The number of ketones is 1. The van der Waals surface area contributed by atoms with Gasteiger partial charge < -0.3 is 20.7 Å². The SMILES string of the molecule is CC1(C)CC(=O)c2c([nH]c(-c3ccncc3)c2Nc2cccc(CCCNC(=O)c3ccccc3O)c2)C1. The van der Waals surface area contributed by atoms with Crippen LogP contribution < -0.4 is 10.6 Å². The molecule has 0 fully saturated rings. The highest BCUT2D eigenvalue weighted by molar-refractivity contribution is 6.07. The normalized spacial score (nSPS) is 14.1. The molecule has 4 N–H and O–H groups in total. The number of phenolic OH excluding ortho intramolecular Hbond substituents is 1. The third kappa shape index (κ3) is 5.47. The topological polar surface area (TPSA) is 107 Å². The molecule has 0 atom stereocenters. The van der Waals surface area contributed by atoms with E-state index in [0.29, 0.717) is 13.0 Å². The van der Waals surface area contributed by atoms with Crippen LogP contribution in [0.3, 0.4) is 0 Å². The quantitative estimate of drug-likeness (QED) is 0.217. The van der Waals surface area contributed by atoms with Crippen LogP contribution in [-0.4, -0.2) is 33.3 Å². The monoisotopic (exact) mass is 508 g/mol. The van der Waals surface area contributed by atoms with Crippen molar-refractivity contribution in [3.8, 4) is 17.0 Å². The zero-order valence-corrected chi connectivity index (χ0v) is 21.7. The number of phenols is 1. The molecule has 7 heteroatoms. The van der Waals surface area contributed by atoms with E-state index < -0.39 is 0 Å². The van der Waals surface area contributed by atoms with E-state index in [1.807, 2.05) is 24.3 Å². The number of amides is 1. The maximum atomic E-state index is 13.3. The van der Waals surface area contributed by atoms with E-state index in [1.54, 1.807) is 30.6 Å². The number of aromatic hydroxyl groups is 1. The molecule has 5 rings (SSSR count). The molecule has 0 aliphatic heterocycles. The predicted octanol–water partition coefficient (Wildman–Crippen LogP) is 6.04. The van der Waals surface area contributed by atoms with E-state index >= 15 is 0 Å². The summed E-state index contributed by atoms with van der Waals surface area (Å²) in [5.41, 5.74) is 6.58. The van der Waals surface area contributed by atoms with E-state index in [2.05, 4.69) is 46.6 Å². The fourth-order valence-corrected chi connectivity index (χ4v) is 5.12. The number of nitrogens with one attached hydrogen (secondary N) is 3. The number of para-hydroxylation sites is 1. The number of pyridine rings is 1. The van der Waals surface area contributed by atoms with Gasteiger partial charge in [0, 0.05) is 42.3 Å². The molecule has 2 heterocycles. The number of H-pyrrole nitrogens is 1. The van der Waals surface area contributed by atoms with Gasteiger partial charge in [-0.15, -0.1) is 0 Å². The lowest BCUT2D eigenvalue weighted by atomic mass is 9.76. The minimum absolute atomic E-state index is 0.0242. The van der Waals surface area contributed by atoms with Gasteiger partial charge in [-0.2, -0.15) is 0 Å². The largest absolute Gasteiger partial charge is 0.507 e. The molecule has 2 aromatic carbocycles. The molecule has 0 saturated carbocycles. The number of nitrogens with zero attached hydrogens (tertiary/aromatic N) is 1. The molecule has 0 saturated heterocycles. The molecule has 1 aliphatic rings. The third-order valence-electron chi connectivity index (χ3n) is 6.89. The van der Waals surface area contributed by atoms with Crippen molar-refractivity contribution in [1.29, 1.82) is 0 Å². The minimum atomic E-state index is -0.285. The minimum Gasteiger partial charge on any atom is -0.507 e. The van der Waals surface area contributed by atoms with Crippen molar-refractivity contribution in [3.05, 3.63) is 95.4 Å². The van der Waals surface area contributed by atoms with Crippen molar-refractivity contribution in [3.63, 3.8) is 0 Å². The summed E-state index contributed by atoms with van der Waals surface area (Å²) in [5, 5.41) is 16.3. The number of hydrogen-bond donors (Lipinski definition) is 4. The van der Waals surface area contributed by atoms with Crippen LogP contribution in [0.5, 0.6) is 5.75 Å². The van der Waals surface area contributed by atoms with Crippen LogP contribution in [0.1, 0.15) is 58.7 Å². The Kier molecular flexibility index (Phi) is 7.01. The first-order valence-electron chi connectivity index (χ1n) is 12.9. The number of rotatable bonds is 8. The van der Waals surface area contributed by atoms with Crippen LogP contribution in [0.15, 0.2) is 73.1 Å². The number of hydrogen-bond acceptors (Lipinski definition) is 5. The molecule has 0 bridgehead atoms. The third-order valence-corrected chi connectivity index (χ3v) is 6.89. The molecule has 38 heavy (non-hydrogen) atoms. The highest BCUT2D eigenvalue weighted by atomic mass is 16.3. The van der Waals surface area contributed by atoms with Crippen molar-refractivity contribution in [2.75, 3.05) is 11.9 Å². The Morgan fingerprint density at radius 3 is 2.63 bits per heavy atom. The van der Waals surface area contributed by atoms with Gasteiger partial charge >= 0.3 is 0 Å². The van der Waals surface area contributed by atoms with E-state index in [1.165, 1.54) is 6.07 Å². The maximum Gasteiger partial charge on any atom is 0.255 e. The Hall–Kier alpha value is -4.39. The van der Waals surface area contributed by atoms with Crippen LogP contribution in [0.25, 0.3) is 11.3 Å². The first kappa shape index (κ1) is 25.3. The van der Waals surface area contributed by atoms with Gasteiger partial charge in [0.05, 0.1) is 22.5 Å². The maximum absolute atomic E-state index is 13.3. The van der Waals surface area contributed by atoms with Gasteiger partial charge in [0.2, 0.25) is 0 Å². The molecular formula is C31H32N4O3. The molecular weight excluding hydrogens is 476 g/mol. The van der Waals surface area contributed by atoms with E-state index in [-0.39, 0.29) is 28.4 Å². The summed E-state index contributed by atoms with van der Waals surface area (Å²) in [5.74, 6) is -0.164. The van der Waals surface area contributed by atoms with Gasteiger partial charge in [0.25, 0.3) is 5.91 Å². The van der Waals surface area contributed by atoms with E-state index in [4.69, 9.17) is 0 Å². The fraction of sp³-hybridized carbons (Fsp3) is 0.258. The summed E-state index contributed by atoms with van der Waals surface area (Å²) >= 11 is 0. The Morgan fingerprint density at radius 2 is 1.84 bits per heavy atom. The summed E-state index contributed by atoms with van der Waals surface area (Å²) in [6, 6.07) is 18.5. The molecule has 1 aliphatic carbocycles. The summed E-state index contributed by atoms with van der Waals surface area (Å²) in [6.07, 6.45) is 6.34. The number of carbonyl (C=O) groups is 2. The first-order chi connectivity index (χ1) is 18.3. The smallest absolute Gasteiger partial charge is 0.255 e. The van der Waals surface area contributed by atoms with Crippen LogP contribution in [0.2, 0.25) is 0 Å². The number of benzene rings is 2. The van der Waals surface area contributed by atoms with Crippen LogP contribution in [0.4, 0.5) is 11.4 Å². The van der Waals surface area contributed by atoms with Crippen LogP contribution in [0, 0.1) is 5.41 Å². The summed E-state index contributed by atoms with van der Waals surface area (Å²) in [4.78, 5) is 33.3. The number of aromatic amines is 1. The Balaban J connectivity index is 1.32. The predicted molar refractivity (Wildman–Crippen MR) is 149 cm³/mol. The summed E-state index contributed by atoms with van der Waals surface area (Å²) in [6.45, 7) is 4.75. The van der Waals surface area contributed by atoms with Gasteiger partial charge in [0.15, 0.2) is 5.78 Å². The Bertz CT molecular complexity index is 1470. The van der Waals surface area contributed by atoms with E-state index in [9.17, 15) is 14.7 Å². The first-order valence-corrected chi connectivity index (χ1v) is 12.9. The lowest BCUT2D eigenvalue weighted by Gasteiger charge is -2.28. The molecule has 0 unspecified atom stereocenters. The number of aromatic nitrogens is 2. The van der Waals surface area contributed by atoms with Gasteiger partial charge in [0.1, 0.15) is 5.75 Å². The number of fused-ring (bicyclic) bond motifs is 1. The molecule has 0 spiro atoms. The Morgan fingerprint density at radius 1 is 1.05 bits per heavy atom. The Labute approximate surface area is 222 Å². The van der Waals surface area contributed by atoms with Gasteiger partial charge in [-0.3, -0.25) is 14.6 Å². The second-order valence-corrected chi connectivity index (χ2v) is 10.6. The number of Topliss-reactive ketones (excluding diaryl/α,β-unsaturated/α-hetero) is 1. The summed E-state index contributed by atoms with van der Waals surface area (Å²) in [7, 11) is 0. The number of aryl methyl sites for hydroxylation is 1. The van der Waals surface area contributed by atoms with Crippen molar-refractivity contribution in [2.24, 2.45) is 5.41 Å². The average Bonchev–Trinajstić information content (AvgIpc) is 3.24. The van der Waals surface area contributed by atoms with Crippen molar-refractivity contribution < 1.29 is 14.7 Å². The molecule has 0 radical (unpaired) electrons. The number of carbonyl (C=O) groups excluding carboxylic acids is 2. The van der Waals surface area contributed by atoms with Crippen molar-refractivity contribution in [2.45, 2.75) is 39.5 Å². The molecule has 194 valence electrons. The second kappa shape index (κ2) is 10.5. The number of anilines is 2. The second-order valence-electron chi connectivity index (χ2n) is 10.6. The van der Waals surface area contributed by atoms with E-state index in [0.717, 1.165) is 58.7 Å². The zero-order chi connectivity index (χ0) is 26.7. The van der Waals surface area contributed by atoms with Gasteiger partial charge in [-0.05, 0) is 66.6 Å². The van der Waals surface area contributed by atoms with Gasteiger partial charge in [-0.25, -0.2) is 0 Å². The lowest BCUT2D eigenvalue weighted by molar-refractivity contribution is 0.0910. The molecule has 2 aromatic heterocycles. The molecule has 4 aromatic rings. The molecule has 7 nitrogen and oxygen atoms in total.